The second kappa shape index (κ2) is 6.11. The number of nitrogens with zero attached hydrogens (tertiary/aromatic N) is 1. The van der Waals surface area contributed by atoms with E-state index in [2.05, 4.69) is 6.58 Å². The number of phenolic OH excluding ortho intramolecular Hbond substituents is 1. The lowest BCUT2D eigenvalue weighted by Crippen LogP contribution is -2.04. The standard InChI is InChI=1S/C14H13NO4S2/c1-8(9-2-4-10(16)5-3-9)12-13(19)15(14(20)21-12)7-6-11(17)18/h2-5,16,19H,1,6-7H2,(H,17,18). The van der Waals surface area contributed by atoms with Crippen molar-refractivity contribution in [2.75, 3.05) is 0 Å². The lowest BCUT2D eigenvalue weighted by molar-refractivity contribution is -0.137. The zero-order chi connectivity index (χ0) is 15.6. The van der Waals surface area contributed by atoms with Crippen molar-refractivity contribution in [2.24, 2.45) is 0 Å². The predicted octanol–water partition coefficient (Wildman–Crippen LogP) is 3.23. The first-order valence-electron chi connectivity index (χ1n) is 6.03. The quantitative estimate of drug-likeness (QED) is 0.736. The van der Waals surface area contributed by atoms with Gasteiger partial charge in [0.1, 0.15) is 5.75 Å². The highest BCUT2D eigenvalue weighted by molar-refractivity contribution is 7.73. The van der Waals surface area contributed by atoms with E-state index in [0.29, 0.717) is 14.4 Å². The molecule has 1 aromatic carbocycles. The molecule has 0 radical (unpaired) electrons. The van der Waals surface area contributed by atoms with Crippen molar-refractivity contribution < 1.29 is 20.1 Å². The molecular formula is C14H13NO4S2. The van der Waals surface area contributed by atoms with Gasteiger partial charge >= 0.3 is 5.97 Å². The number of carboxylic acids is 1. The van der Waals surface area contributed by atoms with Gasteiger partial charge in [0.05, 0.1) is 11.3 Å². The van der Waals surface area contributed by atoms with Crippen molar-refractivity contribution in [3.05, 3.63) is 45.2 Å². The van der Waals surface area contributed by atoms with E-state index in [4.69, 9.17) is 17.3 Å². The van der Waals surface area contributed by atoms with E-state index < -0.39 is 5.97 Å². The van der Waals surface area contributed by atoms with Gasteiger partial charge in [-0.15, -0.1) is 11.3 Å². The van der Waals surface area contributed by atoms with Crippen LogP contribution in [0.25, 0.3) is 5.57 Å². The van der Waals surface area contributed by atoms with Crippen LogP contribution in [-0.4, -0.2) is 25.9 Å². The van der Waals surface area contributed by atoms with Gasteiger partial charge in [0.25, 0.3) is 0 Å². The topological polar surface area (TPSA) is 82.7 Å². The van der Waals surface area contributed by atoms with Gasteiger partial charge in [-0.2, -0.15) is 0 Å². The lowest BCUT2D eigenvalue weighted by Gasteiger charge is -2.06. The summed E-state index contributed by atoms with van der Waals surface area (Å²) < 4.78 is 1.78. The Bertz CT molecular complexity index is 743. The van der Waals surface area contributed by atoms with E-state index in [1.807, 2.05) is 0 Å². The first kappa shape index (κ1) is 15.3. The molecular weight excluding hydrogens is 310 g/mol. The van der Waals surface area contributed by atoms with Crippen LogP contribution in [0.15, 0.2) is 30.8 Å². The third kappa shape index (κ3) is 3.32. The van der Waals surface area contributed by atoms with Gasteiger partial charge in [0, 0.05) is 6.54 Å². The summed E-state index contributed by atoms with van der Waals surface area (Å²) >= 11 is 6.32. The normalized spacial score (nSPS) is 10.5. The van der Waals surface area contributed by atoms with Crippen LogP contribution in [0.1, 0.15) is 16.9 Å². The predicted molar refractivity (Wildman–Crippen MR) is 83.3 cm³/mol. The fourth-order valence-corrected chi connectivity index (χ4v) is 3.12. The zero-order valence-electron chi connectivity index (χ0n) is 10.9. The Morgan fingerprint density at radius 3 is 2.48 bits per heavy atom. The van der Waals surface area contributed by atoms with Crippen LogP contribution in [0.5, 0.6) is 11.6 Å². The maximum absolute atomic E-state index is 10.6. The van der Waals surface area contributed by atoms with Crippen LogP contribution >= 0.6 is 23.6 Å². The molecule has 3 N–H and O–H groups in total. The highest BCUT2D eigenvalue weighted by Crippen LogP contribution is 2.35. The van der Waals surface area contributed by atoms with Crippen molar-refractivity contribution in [2.45, 2.75) is 13.0 Å². The van der Waals surface area contributed by atoms with Crippen LogP contribution in [-0.2, 0) is 11.3 Å². The summed E-state index contributed by atoms with van der Waals surface area (Å²) in [6.07, 6.45) is -0.121. The molecule has 0 aliphatic carbocycles. The lowest BCUT2D eigenvalue weighted by atomic mass is 10.1. The largest absolute Gasteiger partial charge is 0.508 e. The van der Waals surface area contributed by atoms with E-state index in [-0.39, 0.29) is 24.6 Å². The Morgan fingerprint density at radius 2 is 1.90 bits per heavy atom. The summed E-state index contributed by atoms with van der Waals surface area (Å²) in [7, 11) is 0. The Hall–Kier alpha value is -2.12. The molecule has 0 aliphatic rings. The third-order valence-corrected chi connectivity index (χ3v) is 4.41. The molecule has 0 fully saturated rings. The summed E-state index contributed by atoms with van der Waals surface area (Å²) in [4.78, 5) is 11.1. The molecule has 2 rings (SSSR count). The summed E-state index contributed by atoms with van der Waals surface area (Å²) in [5.74, 6) is -0.895. The molecule has 0 amide bonds. The first-order valence-corrected chi connectivity index (χ1v) is 7.25. The number of aliphatic carboxylic acids is 1. The first-order chi connectivity index (χ1) is 9.90. The number of rotatable bonds is 5. The number of phenols is 1. The Morgan fingerprint density at radius 1 is 1.29 bits per heavy atom. The van der Waals surface area contributed by atoms with E-state index in [1.54, 1.807) is 12.1 Å². The van der Waals surface area contributed by atoms with Crippen molar-refractivity contribution in [1.29, 1.82) is 0 Å². The maximum Gasteiger partial charge on any atom is 0.305 e. The fraction of sp³-hybridized carbons (Fsp3) is 0.143. The number of benzene rings is 1. The van der Waals surface area contributed by atoms with Gasteiger partial charge in [0.15, 0.2) is 3.95 Å². The van der Waals surface area contributed by atoms with Gasteiger partial charge < -0.3 is 15.3 Å². The van der Waals surface area contributed by atoms with Crippen molar-refractivity contribution in [3.8, 4) is 11.6 Å². The van der Waals surface area contributed by atoms with Crippen LogP contribution in [0.2, 0.25) is 0 Å². The van der Waals surface area contributed by atoms with Crippen molar-refractivity contribution >= 4 is 35.1 Å². The van der Waals surface area contributed by atoms with Crippen LogP contribution < -0.4 is 0 Å². The van der Waals surface area contributed by atoms with Gasteiger partial charge in [-0.25, -0.2) is 0 Å². The number of carboxylic acid groups (broad SMARTS) is 1. The van der Waals surface area contributed by atoms with Crippen LogP contribution in [0, 0.1) is 3.95 Å². The van der Waals surface area contributed by atoms with Gasteiger partial charge in [-0.1, -0.05) is 18.7 Å². The Kier molecular flexibility index (Phi) is 4.44. The van der Waals surface area contributed by atoms with E-state index in [1.165, 1.54) is 28.0 Å². The third-order valence-electron chi connectivity index (χ3n) is 2.91. The van der Waals surface area contributed by atoms with E-state index in [9.17, 15) is 15.0 Å². The highest BCUT2D eigenvalue weighted by Gasteiger charge is 2.16. The van der Waals surface area contributed by atoms with Crippen molar-refractivity contribution in [3.63, 3.8) is 0 Å². The number of hydrogen-bond acceptors (Lipinski definition) is 5. The monoisotopic (exact) mass is 323 g/mol. The highest BCUT2D eigenvalue weighted by atomic mass is 32.1. The molecule has 0 saturated carbocycles. The molecule has 2 aromatic rings. The van der Waals surface area contributed by atoms with E-state index in [0.717, 1.165) is 5.56 Å². The molecule has 1 heterocycles. The van der Waals surface area contributed by atoms with Gasteiger partial charge in [0.2, 0.25) is 5.88 Å². The molecule has 7 heteroatoms. The molecule has 0 unspecified atom stereocenters. The molecule has 110 valence electrons. The molecule has 1 aromatic heterocycles. The average molecular weight is 323 g/mol. The van der Waals surface area contributed by atoms with Crippen LogP contribution in [0.4, 0.5) is 0 Å². The average Bonchev–Trinajstić information content (AvgIpc) is 2.72. The minimum atomic E-state index is -0.957. The fourth-order valence-electron chi connectivity index (χ4n) is 1.79. The molecule has 0 atom stereocenters. The molecule has 0 aliphatic heterocycles. The van der Waals surface area contributed by atoms with Gasteiger partial charge in [-0.05, 0) is 35.5 Å². The number of thiazole rings is 1. The van der Waals surface area contributed by atoms with Crippen LogP contribution in [0.3, 0.4) is 0 Å². The Balaban J connectivity index is 2.34. The van der Waals surface area contributed by atoms with Gasteiger partial charge in [-0.3, -0.25) is 9.36 Å². The number of hydrogen-bond donors (Lipinski definition) is 3. The summed E-state index contributed by atoms with van der Waals surface area (Å²) in [6, 6.07) is 6.42. The molecule has 0 saturated heterocycles. The van der Waals surface area contributed by atoms with Crippen molar-refractivity contribution in [1.82, 2.24) is 4.57 Å². The zero-order valence-corrected chi connectivity index (χ0v) is 12.6. The minimum Gasteiger partial charge on any atom is -0.508 e. The second-order valence-electron chi connectivity index (χ2n) is 4.34. The molecule has 21 heavy (non-hydrogen) atoms. The number of aromatic nitrogens is 1. The maximum atomic E-state index is 10.6. The molecule has 0 spiro atoms. The summed E-state index contributed by atoms with van der Waals surface area (Å²) in [5, 5.41) is 28.2. The summed E-state index contributed by atoms with van der Waals surface area (Å²) in [6.45, 7) is 4.04. The number of aromatic hydroxyl groups is 2. The second-order valence-corrected chi connectivity index (χ2v) is 5.99. The molecule has 5 nitrogen and oxygen atoms in total. The smallest absolute Gasteiger partial charge is 0.305 e. The minimum absolute atomic E-state index is 0.0793. The van der Waals surface area contributed by atoms with E-state index >= 15 is 0 Å². The Labute approximate surface area is 130 Å². The number of carbonyl (C=O) groups is 1. The molecule has 0 bridgehead atoms. The SMILES string of the molecule is C=C(c1ccc(O)cc1)c1sc(=S)n(CCC(=O)O)c1O. The summed E-state index contributed by atoms with van der Waals surface area (Å²) in [5.41, 5.74) is 1.31.